The van der Waals surface area contributed by atoms with E-state index in [-0.39, 0.29) is 0 Å². The normalized spacial score (nSPS) is 10.8. The van der Waals surface area contributed by atoms with Gasteiger partial charge in [0.05, 0.1) is 5.56 Å². The van der Waals surface area contributed by atoms with Crippen molar-refractivity contribution in [2.45, 2.75) is 13.8 Å². The van der Waals surface area contributed by atoms with E-state index in [1.54, 1.807) is 18.3 Å². The summed E-state index contributed by atoms with van der Waals surface area (Å²) in [6.07, 6.45) is 1.62. The van der Waals surface area contributed by atoms with Gasteiger partial charge >= 0.3 is 0 Å². The van der Waals surface area contributed by atoms with E-state index in [0.717, 1.165) is 26.7 Å². The molecule has 0 aliphatic heterocycles. The maximum atomic E-state index is 5.57. The molecular weight excluding hydrogens is 332 g/mol. The second-order valence-corrected chi connectivity index (χ2v) is 5.61. The zero-order valence-corrected chi connectivity index (χ0v) is 13.2. The summed E-state index contributed by atoms with van der Waals surface area (Å²) in [7, 11) is 0. The molecule has 3 rings (SSSR count). The van der Waals surface area contributed by atoms with E-state index >= 15 is 0 Å². The van der Waals surface area contributed by atoms with E-state index in [2.05, 4.69) is 31.1 Å². The molecule has 21 heavy (non-hydrogen) atoms. The van der Waals surface area contributed by atoms with Crippen LogP contribution >= 0.6 is 15.9 Å². The van der Waals surface area contributed by atoms with Gasteiger partial charge in [-0.1, -0.05) is 21.1 Å². The average Bonchev–Trinajstić information content (AvgIpc) is 2.95. The summed E-state index contributed by atoms with van der Waals surface area (Å²) in [5.41, 5.74) is 9.49. The number of rotatable bonds is 2. The molecule has 106 valence electrons. The maximum absolute atomic E-state index is 5.57. The highest BCUT2D eigenvalue weighted by atomic mass is 79.9. The number of nitrogens with two attached hydrogens (primary N) is 1. The molecule has 2 N–H and O–H groups in total. The summed E-state index contributed by atoms with van der Waals surface area (Å²) in [6, 6.07) is 7.55. The molecule has 0 fully saturated rings. The van der Waals surface area contributed by atoms with Gasteiger partial charge in [-0.05, 0) is 49.2 Å². The number of hydrogen-bond donors (Lipinski definition) is 1. The van der Waals surface area contributed by atoms with Gasteiger partial charge in [0.25, 0.3) is 5.89 Å². The highest BCUT2D eigenvalue weighted by Crippen LogP contribution is 2.28. The molecule has 1 aromatic carbocycles. The number of anilines is 1. The predicted molar refractivity (Wildman–Crippen MR) is 84.6 cm³/mol. The van der Waals surface area contributed by atoms with Crippen molar-refractivity contribution in [3.63, 3.8) is 0 Å². The van der Waals surface area contributed by atoms with Crippen LogP contribution in [0.25, 0.3) is 22.8 Å². The van der Waals surface area contributed by atoms with Gasteiger partial charge in [-0.3, -0.25) is 0 Å². The number of aromatic nitrogens is 3. The molecule has 0 unspecified atom stereocenters. The molecule has 3 aromatic rings. The van der Waals surface area contributed by atoms with Gasteiger partial charge in [-0.15, -0.1) is 0 Å². The van der Waals surface area contributed by atoms with Gasteiger partial charge in [0.15, 0.2) is 0 Å². The van der Waals surface area contributed by atoms with Crippen LogP contribution in [0.5, 0.6) is 0 Å². The Morgan fingerprint density at radius 1 is 1.10 bits per heavy atom. The zero-order valence-electron chi connectivity index (χ0n) is 11.6. The van der Waals surface area contributed by atoms with E-state index in [4.69, 9.17) is 10.3 Å². The summed E-state index contributed by atoms with van der Waals surface area (Å²) in [4.78, 5) is 8.44. The first kappa shape index (κ1) is 13.8. The van der Waals surface area contributed by atoms with Gasteiger partial charge in [-0.2, -0.15) is 4.98 Å². The molecule has 0 atom stereocenters. The van der Waals surface area contributed by atoms with Crippen molar-refractivity contribution in [1.82, 2.24) is 15.1 Å². The first-order chi connectivity index (χ1) is 10.0. The molecule has 6 heteroatoms. The molecular formula is C15H13BrN4O. The van der Waals surface area contributed by atoms with E-state index < -0.39 is 0 Å². The number of pyridine rings is 1. The van der Waals surface area contributed by atoms with Crippen molar-refractivity contribution in [2.75, 3.05) is 5.73 Å². The quantitative estimate of drug-likeness (QED) is 0.765. The van der Waals surface area contributed by atoms with Crippen molar-refractivity contribution in [2.24, 2.45) is 0 Å². The van der Waals surface area contributed by atoms with Crippen LogP contribution < -0.4 is 5.73 Å². The number of benzene rings is 1. The molecule has 2 heterocycles. The van der Waals surface area contributed by atoms with Crippen LogP contribution in [-0.2, 0) is 0 Å². The number of aryl methyl sites for hydroxylation is 2. The van der Waals surface area contributed by atoms with Crippen LogP contribution in [0.4, 0.5) is 5.82 Å². The molecule has 0 aliphatic rings. The average molecular weight is 345 g/mol. The molecule has 5 nitrogen and oxygen atoms in total. The Morgan fingerprint density at radius 3 is 2.43 bits per heavy atom. The second-order valence-electron chi connectivity index (χ2n) is 4.82. The number of hydrogen-bond acceptors (Lipinski definition) is 5. The fraction of sp³-hybridized carbons (Fsp3) is 0.133. The zero-order chi connectivity index (χ0) is 15.0. The van der Waals surface area contributed by atoms with Crippen molar-refractivity contribution in [3.05, 3.63) is 46.1 Å². The van der Waals surface area contributed by atoms with Crippen LogP contribution in [0, 0.1) is 13.8 Å². The van der Waals surface area contributed by atoms with Gasteiger partial charge < -0.3 is 10.3 Å². The number of halogens is 1. The van der Waals surface area contributed by atoms with Gasteiger partial charge in [0, 0.05) is 16.2 Å². The minimum atomic E-state index is 0.427. The van der Waals surface area contributed by atoms with Gasteiger partial charge in [0.2, 0.25) is 5.82 Å². The van der Waals surface area contributed by atoms with E-state index in [0.29, 0.717) is 17.5 Å². The number of nitrogens with zero attached hydrogens (tertiary/aromatic N) is 3. The minimum Gasteiger partial charge on any atom is -0.384 e. The lowest BCUT2D eigenvalue weighted by molar-refractivity contribution is 0.432. The largest absolute Gasteiger partial charge is 0.384 e. The third-order valence-electron chi connectivity index (χ3n) is 3.15. The van der Waals surface area contributed by atoms with Crippen molar-refractivity contribution in [3.8, 4) is 22.8 Å². The Labute approximate surface area is 130 Å². The lowest BCUT2D eigenvalue weighted by Crippen LogP contribution is -1.89. The third kappa shape index (κ3) is 2.67. The Bertz CT molecular complexity index is 773. The molecule has 0 saturated carbocycles. The standard InChI is InChI=1S/C15H13BrN4O/c1-8-5-11(6-9(2)13(8)16)14-19-15(21-20-14)10-3-4-12(17)18-7-10/h3-7H,1-2H3,(H2,17,18). The van der Waals surface area contributed by atoms with E-state index in [1.807, 2.05) is 26.0 Å². The SMILES string of the molecule is Cc1cc(-c2noc(-c3ccc(N)nc3)n2)cc(C)c1Br. The Hall–Kier alpha value is -2.21. The first-order valence-electron chi connectivity index (χ1n) is 6.37. The molecule has 0 amide bonds. The van der Waals surface area contributed by atoms with Crippen LogP contribution in [0.1, 0.15) is 11.1 Å². The second kappa shape index (κ2) is 5.29. The summed E-state index contributed by atoms with van der Waals surface area (Å²) >= 11 is 3.55. The van der Waals surface area contributed by atoms with Gasteiger partial charge in [0.1, 0.15) is 5.82 Å². The lowest BCUT2D eigenvalue weighted by atomic mass is 10.1. The van der Waals surface area contributed by atoms with Crippen molar-refractivity contribution < 1.29 is 4.52 Å². The monoisotopic (exact) mass is 344 g/mol. The van der Waals surface area contributed by atoms with Gasteiger partial charge in [-0.25, -0.2) is 4.98 Å². The smallest absolute Gasteiger partial charge is 0.259 e. The van der Waals surface area contributed by atoms with Crippen molar-refractivity contribution >= 4 is 21.7 Å². The number of nitrogen functional groups attached to an aromatic ring is 1. The maximum Gasteiger partial charge on any atom is 0.259 e. The summed E-state index contributed by atoms with van der Waals surface area (Å²) < 4.78 is 6.40. The minimum absolute atomic E-state index is 0.427. The highest BCUT2D eigenvalue weighted by molar-refractivity contribution is 9.10. The lowest BCUT2D eigenvalue weighted by Gasteiger charge is -2.04. The highest BCUT2D eigenvalue weighted by Gasteiger charge is 2.12. The Kier molecular flexibility index (Phi) is 3.47. The topological polar surface area (TPSA) is 77.8 Å². The van der Waals surface area contributed by atoms with E-state index in [9.17, 15) is 0 Å². The fourth-order valence-electron chi connectivity index (χ4n) is 2.06. The molecule has 0 aliphatic carbocycles. The summed E-state index contributed by atoms with van der Waals surface area (Å²) in [5.74, 6) is 1.44. The van der Waals surface area contributed by atoms with Crippen molar-refractivity contribution in [1.29, 1.82) is 0 Å². The third-order valence-corrected chi connectivity index (χ3v) is 4.40. The van der Waals surface area contributed by atoms with Crippen LogP contribution in [0.15, 0.2) is 39.5 Å². The molecule has 0 saturated heterocycles. The Morgan fingerprint density at radius 2 is 1.81 bits per heavy atom. The predicted octanol–water partition coefficient (Wildman–Crippen LogP) is 3.76. The first-order valence-corrected chi connectivity index (χ1v) is 7.16. The molecule has 0 spiro atoms. The molecule has 0 bridgehead atoms. The van der Waals surface area contributed by atoms with Crippen LogP contribution in [0.3, 0.4) is 0 Å². The summed E-state index contributed by atoms with van der Waals surface area (Å²) in [6.45, 7) is 4.07. The van der Waals surface area contributed by atoms with Crippen LogP contribution in [-0.4, -0.2) is 15.1 Å². The molecule has 2 aromatic heterocycles. The Balaban J connectivity index is 2.00. The fourth-order valence-corrected chi connectivity index (χ4v) is 2.29. The van der Waals surface area contributed by atoms with E-state index in [1.165, 1.54) is 0 Å². The van der Waals surface area contributed by atoms with Crippen LogP contribution in [0.2, 0.25) is 0 Å². The molecule has 0 radical (unpaired) electrons. The summed E-state index contributed by atoms with van der Waals surface area (Å²) in [5, 5.41) is 4.04.